The van der Waals surface area contributed by atoms with Gasteiger partial charge in [-0.1, -0.05) is 6.07 Å². The summed E-state index contributed by atoms with van der Waals surface area (Å²) in [5.41, 5.74) is -1.37. The predicted molar refractivity (Wildman–Crippen MR) is 50.4 cm³/mol. The molecule has 0 fully saturated rings. The van der Waals surface area contributed by atoms with Crippen molar-refractivity contribution in [3.8, 4) is 0 Å². The van der Waals surface area contributed by atoms with Gasteiger partial charge in [0.15, 0.2) is 5.58 Å². The van der Waals surface area contributed by atoms with Crippen LogP contribution >= 0.6 is 0 Å². The number of nitrogens with zero attached hydrogens (tertiary/aromatic N) is 1. The molecule has 0 bridgehead atoms. The fourth-order valence-electron chi connectivity index (χ4n) is 1.43. The van der Waals surface area contributed by atoms with Gasteiger partial charge in [0.2, 0.25) is 5.89 Å². The van der Waals surface area contributed by atoms with E-state index in [9.17, 15) is 18.0 Å². The summed E-state index contributed by atoms with van der Waals surface area (Å²) in [6, 6.07) is 3.36. The third-order valence-corrected chi connectivity index (χ3v) is 2.07. The summed E-state index contributed by atoms with van der Waals surface area (Å²) in [6.45, 7) is 0. The third kappa shape index (κ3) is 2.22. The van der Waals surface area contributed by atoms with E-state index in [4.69, 9.17) is 9.52 Å². The molecule has 0 saturated carbocycles. The fraction of sp³-hybridized carbons (Fsp3) is 0.200. The first-order chi connectivity index (χ1) is 7.88. The van der Waals surface area contributed by atoms with Crippen LogP contribution in [0.5, 0.6) is 0 Å². The molecule has 1 heterocycles. The Bertz CT molecular complexity index is 574. The molecule has 7 heteroatoms. The molecule has 0 saturated heterocycles. The second-order valence-electron chi connectivity index (χ2n) is 3.33. The zero-order valence-corrected chi connectivity index (χ0v) is 8.28. The summed E-state index contributed by atoms with van der Waals surface area (Å²) in [7, 11) is 0. The molecule has 90 valence electrons. The van der Waals surface area contributed by atoms with Crippen LogP contribution in [0.1, 0.15) is 11.5 Å². The van der Waals surface area contributed by atoms with Gasteiger partial charge in [0, 0.05) is 0 Å². The molecule has 4 nitrogen and oxygen atoms in total. The number of aromatic nitrogens is 1. The van der Waals surface area contributed by atoms with Crippen LogP contribution < -0.4 is 0 Å². The first kappa shape index (κ1) is 11.4. The Labute approximate surface area is 92.7 Å². The molecule has 1 aromatic carbocycles. The van der Waals surface area contributed by atoms with Gasteiger partial charge in [-0.15, -0.1) is 0 Å². The average Bonchev–Trinajstić information content (AvgIpc) is 2.55. The molecule has 0 aliphatic rings. The van der Waals surface area contributed by atoms with Gasteiger partial charge in [-0.3, -0.25) is 4.79 Å². The van der Waals surface area contributed by atoms with Crippen molar-refractivity contribution in [2.24, 2.45) is 0 Å². The van der Waals surface area contributed by atoms with E-state index in [1.165, 1.54) is 12.1 Å². The van der Waals surface area contributed by atoms with Gasteiger partial charge < -0.3 is 9.52 Å². The number of hydrogen-bond acceptors (Lipinski definition) is 3. The van der Waals surface area contributed by atoms with Gasteiger partial charge in [-0.2, -0.15) is 13.2 Å². The molecule has 0 aliphatic carbocycles. The number of oxazole rings is 1. The topological polar surface area (TPSA) is 63.3 Å². The van der Waals surface area contributed by atoms with E-state index in [1.54, 1.807) is 0 Å². The Hall–Kier alpha value is -2.05. The molecule has 1 N–H and O–H groups in total. The van der Waals surface area contributed by atoms with Gasteiger partial charge in [-0.05, 0) is 12.1 Å². The molecule has 0 unspecified atom stereocenters. The van der Waals surface area contributed by atoms with E-state index < -0.39 is 24.1 Å². The number of hydrogen-bond donors (Lipinski definition) is 1. The average molecular weight is 245 g/mol. The second kappa shape index (κ2) is 3.76. The number of carboxylic acids is 1. The second-order valence-corrected chi connectivity index (χ2v) is 3.33. The maximum Gasteiger partial charge on any atom is 0.418 e. The van der Waals surface area contributed by atoms with Crippen molar-refractivity contribution < 1.29 is 27.5 Å². The van der Waals surface area contributed by atoms with Crippen molar-refractivity contribution >= 4 is 17.1 Å². The van der Waals surface area contributed by atoms with Crippen LogP contribution in [0.4, 0.5) is 13.2 Å². The van der Waals surface area contributed by atoms with Gasteiger partial charge in [0.25, 0.3) is 0 Å². The highest BCUT2D eigenvalue weighted by Gasteiger charge is 2.34. The monoisotopic (exact) mass is 245 g/mol. The van der Waals surface area contributed by atoms with Crippen LogP contribution in [0.25, 0.3) is 11.1 Å². The molecular weight excluding hydrogens is 239 g/mol. The van der Waals surface area contributed by atoms with Gasteiger partial charge in [0.05, 0.1) is 5.56 Å². The highest BCUT2D eigenvalue weighted by Crippen LogP contribution is 2.34. The molecule has 0 radical (unpaired) electrons. The van der Waals surface area contributed by atoms with E-state index in [0.717, 1.165) is 6.07 Å². The van der Waals surface area contributed by atoms with Crippen LogP contribution in [-0.4, -0.2) is 16.1 Å². The molecule has 0 atom stereocenters. The minimum atomic E-state index is -4.54. The first-order valence-corrected chi connectivity index (χ1v) is 4.55. The van der Waals surface area contributed by atoms with Crippen molar-refractivity contribution in [1.29, 1.82) is 0 Å². The Morgan fingerprint density at radius 2 is 2.12 bits per heavy atom. The lowest BCUT2D eigenvalue weighted by atomic mass is 10.2. The standard InChI is InChI=1S/C10H6F3NO3/c11-10(12,13)5-2-1-3-6-9(5)14-7(17-6)4-8(15)16/h1-3H,4H2,(H,15,16). The van der Waals surface area contributed by atoms with E-state index in [0.29, 0.717) is 0 Å². The molecule has 17 heavy (non-hydrogen) atoms. The Morgan fingerprint density at radius 3 is 2.71 bits per heavy atom. The lowest BCUT2D eigenvalue weighted by Crippen LogP contribution is -2.05. The van der Waals surface area contributed by atoms with E-state index in [1.807, 2.05) is 0 Å². The van der Waals surface area contributed by atoms with Gasteiger partial charge in [0.1, 0.15) is 11.9 Å². The Kier molecular flexibility index (Phi) is 2.53. The maximum absolute atomic E-state index is 12.6. The third-order valence-electron chi connectivity index (χ3n) is 2.07. The number of benzene rings is 1. The molecule has 0 spiro atoms. The van der Waals surface area contributed by atoms with E-state index in [-0.39, 0.29) is 17.0 Å². The van der Waals surface area contributed by atoms with Gasteiger partial charge in [-0.25, -0.2) is 4.98 Å². The summed E-state index contributed by atoms with van der Waals surface area (Å²) < 4.78 is 42.7. The van der Waals surface area contributed by atoms with Crippen LogP contribution in [-0.2, 0) is 17.4 Å². The van der Waals surface area contributed by atoms with Crippen LogP contribution in [0.15, 0.2) is 22.6 Å². The zero-order valence-electron chi connectivity index (χ0n) is 8.28. The van der Waals surface area contributed by atoms with Crippen molar-refractivity contribution in [2.45, 2.75) is 12.6 Å². The first-order valence-electron chi connectivity index (χ1n) is 4.55. The SMILES string of the molecule is O=C(O)Cc1nc2c(C(F)(F)F)cccc2o1. The summed E-state index contributed by atoms with van der Waals surface area (Å²) in [4.78, 5) is 14.0. The number of carbonyl (C=O) groups is 1. The number of aliphatic carboxylic acids is 1. The minimum Gasteiger partial charge on any atom is -0.481 e. The number of rotatable bonds is 2. The van der Waals surface area contributed by atoms with Crippen molar-refractivity contribution in [1.82, 2.24) is 4.98 Å². The fourth-order valence-corrected chi connectivity index (χ4v) is 1.43. The highest BCUT2D eigenvalue weighted by atomic mass is 19.4. The maximum atomic E-state index is 12.6. The molecule has 0 aliphatic heterocycles. The lowest BCUT2D eigenvalue weighted by molar-refractivity contribution is -0.137. The number of carboxylic acid groups (broad SMARTS) is 1. The quantitative estimate of drug-likeness (QED) is 0.882. The molecule has 2 aromatic rings. The van der Waals surface area contributed by atoms with Gasteiger partial charge >= 0.3 is 12.1 Å². The summed E-state index contributed by atoms with van der Waals surface area (Å²) in [5, 5.41) is 8.50. The summed E-state index contributed by atoms with van der Waals surface area (Å²) in [6.07, 6.45) is -5.09. The lowest BCUT2D eigenvalue weighted by Gasteiger charge is -2.05. The Morgan fingerprint density at radius 1 is 1.41 bits per heavy atom. The van der Waals surface area contributed by atoms with Crippen molar-refractivity contribution in [3.05, 3.63) is 29.7 Å². The molecular formula is C10H6F3NO3. The smallest absolute Gasteiger partial charge is 0.418 e. The number of alkyl halides is 3. The number of para-hydroxylation sites is 1. The summed E-state index contributed by atoms with van der Waals surface area (Å²) >= 11 is 0. The molecule has 0 amide bonds. The normalized spacial score (nSPS) is 11.9. The minimum absolute atomic E-state index is 0.0731. The Balaban J connectivity index is 2.57. The number of fused-ring (bicyclic) bond motifs is 1. The van der Waals surface area contributed by atoms with Crippen LogP contribution in [0.3, 0.4) is 0 Å². The largest absolute Gasteiger partial charge is 0.481 e. The predicted octanol–water partition coefficient (Wildman–Crippen LogP) is 2.47. The molecule has 2 rings (SSSR count). The zero-order chi connectivity index (χ0) is 12.6. The molecule has 1 aromatic heterocycles. The highest BCUT2D eigenvalue weighted by molar-refractivity contribution is 5.78. The van der Waals surface area contributed by atoms with Crippen LogP contribution in [0, 0.1) is 0 Å². The van der Waals surface area contributed by atoms with Crippen molar-refractivity contribution in [3.63, 3.8) is 0 Å². The summed E-state index contributed by atoms with van der Waals surface area (Å²) in [5.74, 6) is -1.46. The van der Waals surface area contributed by atoms with E-state index >= 15 is 0 Å². The van der Waals surface area contributed by atoms with E-state index in [2.05, 4.69) is 4.98 Å². The van der Waals surface area contributed by atoms with Crippen LogP contribution in [0.2, 0.25) is 0 Å². The van der Waals surface area contributed by atoms with Crippen molar-refractivity contribution in [2.75, 3.05) is 0 Å². The number of halogens is 3.